The van der Waals surface area contributed by atoms with Crippen molar-refractivity contribution in [2.45, 2.75) is 23.8 Å². The molecule has 13 heteroatoms. The number of aliphatic carboxylic acids is 1. The lowest BCUT2D eigenvalue weighted by molar-refractivity contribution is -0.137. The number of aliphatic hydroxyl groups excluding tert-OH is 1. The molecule has 2 aromatic carbocycles. The average molecular weight is 597 g/mol. The highest BCUT2D eigenvalue weighted by molar-refractivity contribution is 7.93. The third-order valence-electron chi connectivity index (χ3n) is 5.72. The van der Waals surface area contributed by atoms with Crippen LogP contribution in [0.2, 0.25) is 10.0 Å². The summed E-state index contributed by atoms with van der Waals surface area (Å²) in [4.78, 5) is 14.8. The van der Waals surface area contributed by atoms with Crippen molar-refractivity contribution in [3.63, 3.8) is 0 Å². The quantitative estimate of drug-likeness (QED) is 0.317. The molecular weight excluding hydrogens is 574 g/mol. The third-order valence-corrected chi connectivity index (χ3v) is 8.03. The second-order valence-electron chi connectivity index (χ2n) is 8.43. The van der Waals surface area contributed by atoms with Gasteiger partial charge < -0.3 is 19.7 Å². The molecule has 2 N–H and O–H groups in total. The van der Waals surface area contributed by atoms with Crippen LogP contribution in [0.1, 0.15) is 24.0 Å². The molecule has 1 atom stereocenters. The van der Waals surface area contributed by atoms with Gasteiger partial charge in [-0.3, -0.25) is 9.10 Å². The van der Waals surface area contributed by atoms with E-state index in [0.717, 1.165) is 4.31 Å². The first-order chi connectivity index (χ1) is 18.6. The molecule has 1 aliphatic rings. The van der Waals surface area contributed by atoms with Gasteiger partial charge in [0.25, 0.3) is 10.0 Å². The van der Waals surface area contributed by atoms with Gasteiger partial charge in [-0.15, -0.1) is 0 Å². The molecule has 0 aliphatic carbocycles. The van der Waals surface area contributed by atoms with E-state index in [4.69, 9.17) is 42.9 Å². The van der Waals surface area contributed by atoms with Gasteiger partial charge in [0.15, 0.2) is 4.90 Å². The first-order valence-corrected chi connectivity index (χ1v) is 13.9. The Morgan fingerprint density at radius 3 is 2.74 bits per heavy atom. The van der Waals surface area contributed by atoms with Crippen molar-refractivity contribution in [2.75, 3.05) is 24.1 Å². The summed E-state index contributed by atoms with van der Waals surface area (Å²) < 4.78 is 54.6. The van der Waals surface area contributed by atoms with E-state index >= 15 is 0 Å². The molecule has 2 heterocycles. The van der Waals surface area contributed by atoms with Crippen molar-refractivity contribution in [1.29, 1.82) is 0 Å². The number of aromatic nitrogens is 1. The molecule has 1 unspecified atom stereocenters. The smallest absolute Gasteiger partial charge is 0.303 e. The first kappa shape index (κ1) is 28.6. The summed E-state index contributed by atoms with van der Waals surface area (Å²) in [5, 5.41) is 18.5. The molecule has 0 spiro atoms. The number of pyridine rings is 1. The first-order valence-electron chi connectivity index (χ1n) is 11.7. The summed E-state index contributed by atoms with van der Waals surface area (Å²) in [5.74, 6) is -1.62. The molecule has 0 radical (unpaired) electrons. The molecule has 39 heavy (non-hydrogen) atoms. The second-order valence-corrected chi connectivity index (χ2v) is 11.1. The number of aliphatic hydroxyl groups is 1. The van der Waals surface area contributed by atoms with Crippen molar-refractivity contribution in [3.05, 3.63) is 75.7 Å². The van der Waals surface area contributed by atoms with Crippen LogP contribution in [0.15, 0.2) is 53.6 Å². The van der Waals surface area contributed by atoms with E-state index in [9.17, 15) is 17.6 Å². The molecule has 0 fully saturated rings. The van der Waals surface area contributed by atoms with E-state index in [-0.39, 0.29) is 70.4 Å². The molecule has 0 saturated carbocycles. The van der Waals surface area contributed by atoms with E-state index in [1.54, 1.807) is 24.3 Å². The maximum Gasteiger partial charge on any atom is 0.303 e. The zero-order valence-corrected chi connectivity index (χ0v) is 22.6. The minimum absolute atomic E-state index is 0.0410. The number of hydrogen-bond acceptors (Lipinski definition) is 7. The van der Waals surface area contributed by atoms with Gasteiger partial charge in [0.2, 0.25) is 5.88 Å². The Morgan fingerprint density at radius 1 is 1.23 bits per heavy atom. The Kier molecular flexibility index (Phi) is 8.96. The van der Waals surface area contributed by atoms with Crippen LogP contribution in [0, 0.1) is 5.82 Å². The predicted octanol–water partition coefficient (Wildman–Crippen LogP) is 4.89. The van der Waals surface area contributed by atoms with Crippen LogP contribution in [-0.4, -0.2) is 55.4 Å². The summed E-state index contributed by atoms with van der Waals surface area (Å²) >= 11 is 12.2. The average Bonchev–Trinajstić information content (AvgIpc) is 2.90. The minimum Gasteiger partial charge on any atom is -0.486 e. The molecule has 4 rings (SSSR count). The fraction of sp³-hybridized carbons (Fsp3) is 0.231. The molecule has 1 aliphatic heterocycles. The van der Waals surface area contributed by atoms with E-state index < -0.39 is 27.9 Å². The van der Waals surface area contributed by atoms with Gasteiger partial charge in [0.1, 0.15) is 24.3 Å². The van der Waals surface area contributed by atoms with Crippen LogP contribution < -0.4 is 13.8 Å². The van der Waals surface area contributed by atoms with E-state index in [0.29, 0.717) is 5.56 Å². The number of benzene rings is 2. The molecule has 0 saturated heterocycles. The highest BCUT2D eigenvalue weighted by Crippen LogP contribution is 2.40. The fourth-order valence-electron chi connectivity index (χ4n) is 3.91. The monoisotopic (exact) mass is 596 g/mol. The molecule has 0 bridgehead atoms. The highest BCUT2D eigenvalue weighted by Gasteiger charge is 2.37. The van der Waals surface area contributed by atoms with Crippen LogP contribution in [0.5, 0.6) is 11.6 Å². The number of nitrogens with zero attached hydrogens (tertiary/aromatic N) is 2. The summed E-state index contributed by atoms with van der Waals surface area (Å²) in [6.07, 6.45) is 3.31. The minimum atomic E-state index is -4.38. The molecule has 1 aromatic heterocycles. The fourth-order valence-corrected chi connectivity index (χ4v) is 5.97. The van der Waals surface area contributed by atoms with Crippen LogP contribution in [0.4, 0.5) is 10.1 Å². The van der Waals surface area contributed by atoms with Crippen LogP contribution >= 0.6 is 23.2 Å². The topological polar surface area (TPSA) is 126 Å². The van der Waals surface area contributed by atoms with E-state index in [1.165, 1.54) is 36.5 Å². The Morgan fingerprint density at radius 2 is 2.03 bits per heavy atom. The van der Waals surface area contributed by atoms with Gasteiger partial charge >= 0.3 is 5.97 Å². The van der Waals surface area contributed by atoms with E-state index in [2.05, 4.69) is 4.98 Å². The predicted molar refractivity (Wildman–Crippen MR) is 144 cm³/mol. The lowest BCUT2D eigenvalue weighted by Crippen LogP contribution is -2.44. The standard InChI is InChI=1S/C26H23Cl2FN2O7S/c27-17-13-24(26(30-14-17)37-11-10-32)39(35,36)31-15-18(6-9-25(33)34)38-23-8-5-16(12-22(23)31)4-7-19-20(28)2-1-3-21(19)29/h1-5,7-8,12-14,18,32H,6,9-11,15H2,(H,33,34). The lowest BCUT2D eigenvalue weighted by atomic mass is 10.1. The number of fused-ring (bicyclic) bond motifs is 1. The summed E-state index contributed by atoms with van der Waals surface area (Å²) in [6, 6.07) is 10.2. The third kappa shape index (κ3) is 6.62. The van der Waals surface area contributed by atoms with Crippen molar-refractivity contribution in [3.8, 4) is 11.6 Å². The number of halogens is 3. The number of carboxylic acids is 1. The van der Waals surface area contributed by atoms with Crippen LogP contribution in [0.3, 0.4) is 0 Å². The largest absolute Gasteiger partial charge is 0.486 e. The number of anilines is 1. The van der Waals surface area contributed by atoms with Gasteiger partial charge in [-0.25, -0.2) is 17.8 Å². The summed E-state index contributed by atoms with van der Waals surface area (Å²) in [5.41, 5.74) is 0.847. The number of ether oxygens (including phenoxy) is 2. The van der Waals surface area contributed by atoms with E-state index in [1.807, 2.05) is 0 Å². The van der Waals surface area contributed by atoms with Gasteiger partial charge in [0, 0.05) is 18.2 Å². The number of carboxylic acid groups (broad SMARTS) is 1. The molecule has 9 nitrogen and oxygen atoms in total. The molecule has 3 aromatic rings. The van der Waals surface area contributed by atoms with Crippen LogP contribution in [0.25, 0.3) is 12.2 Å². The van der Waals surface area contributed by atoms with Gasteiger partial charge in [0.05, 0.1) is 28.9 Å². The summed E-state index contributed by atoms with van der Waals surface area (Å²) in [7, 11) is -4.38. The maximum atomic E-state index is 14.2. The van der Waals surface area contributed by atoms with Crippen molar-refractivity contribution in [2.24, 2.45) is 0 Å². The summed E-state index contributed by atoms with van der Waals surface area (Å²) in [6.45, 7) is -0.782. The Bertz CT molecular complexity index is 1500. The van der Waals surface area contributed by atoms with Crippen molar-refractivity contribution in [1.82, 2.24) is 4.98 Å². The van der Waals surface area contributed by atoms with Gasteiger partial charge in [-0.2, -0.15) is 0 Å². The lowest BCUT2D eigenvalue weighted by Gasteiger charge is -2.35. The number of sulfonamides is 1. The SMILES string of the molecule is O=C(O)CCC1CN(S(=O)(=O)c2cc(Cl)cnc2OCCO)c2cc(C=Cc3c(F)cccc3Cl)ccc2O1. The second kappa shape index (κ2) is 12.2. The zero-order chi connectivity index (χ0) is 28.2. The maximum absolute atomic E-state index is 14.2. The van der Waals surface area contributed by atoms with Crippen molar-refractivity contribution >= 4 is 57.0 Å². The molecular formula is C26H23Cl2FN2O7S. The number of carbonyl (C=O) groups is 1. The van der Waals surface area contributed by atoms with Gasteiger partial charge in [-0.1, -0.05) is 41.4 Å². The van der Waals surface area contributed by atoms with Crippen molar-refractivity contribution < 1.29 is 37.3 Å². The molecule has 206 valence electrons. The highest BCUT2D eigenvalue weighted by atomic mass is 35.5. The number of rotatable bonds is 10. The van der Waals surface area contributed by atoms with Gasteiger partial charge in [-0.05, 0) is 48.4 Å². The zero-order valence-electron chi connectivity index (χ0n) is 20.3. The molecule has 0 amide bonds. The Hall–Kier alpha value is -3.38. The Balaban J connectivity index is 1.78. The Labute approximate surface area is 234 Å². The number of hydrogen-bond donors (Lipinski definition) is 2. The van der Waals surface area contributed by atoms with Crippen LogP contribution in [-0.2, 0) is 14.8 Å². The normalized spacial score (nSPS) is 15.2.